The number of carbonyl (C=O) groups excluding carboxylic acids is 1. The van der Waals surface area contributed by atoms with E-state index in [9.17, 15) is 13.6 Å². The van der Waals surface area contributed by atoms with E-state index >= 15 is 0 Å². The van der Waals surface area contributed by atoms with Gasteiger partial charge in [-0.2, -0.15) is 0 Å². The number of carbonyl (C=O) groups is 1. The van der Waals surface area contributed by atoms with Crippen molar-refractivity contribution in [2.24, 2.45) is 0 Å². The normalized spacial score (nSPS) is 12.0. The summed E-state index contributed by atoms with van der Waals surface area (Å²) in [5.74, 6) is -1.37. The standard InChI is InChI=1S/C17H17ClF2N2O/c1-11(15-7-6-14(19)8-16(15)20)21-10-17(23)22-9-12-2-4-13(18)5-3-12/h2-8,11,21H,9-10H2,1H3,(H,22,23)/p+1/t11-/m0/s1. The van der Waals surface area contributed by atoms with E-state index in [1.165, 1.54) is 12.1 Å². The second-order valence-corrected chi connectivity index (χ2v) is 5.73. The van der Waals surface area contributed by atoms with Crippen LogP contribution in [0.2, 0.25) is 5.02 Å². The summed E-state index contributed by atoms with van der Waals surface area (Å²) in [4.78, 5) is 11.8. The third kappa shape index (κ3) is 5.30. The highest BCUT2D eigenvalue weighted by Gasteiger charge is 2.15. The van der Waals surface area contributed by atoms with Crippen LogP contribution >= 0.6 is 11.6 Å². The predicted molar refractivity (Wildman–Crippen MR) is 84.9 cm³/mol. The van der Waals surface area contributed by atoms with Crippen molar-refractivity contribution in [3.8, 4) is 0 Å². The number of benzene rings is 2. The molecule has 0 heterocycles. The summed E-state index contributed by atoms with van der Waals surface area (Å²) in [6.45, 7) is 2.33. The van der Waals surface area contributed by atoms with Crippen LogP contribution in [0.5, 0.6) is 0 Å². The van der Waals surface area contributed by atoms with Gasteiger partial charge in [0.25, 0.3) is 5.91 Å². The molecule has 0 aliphatic heterocycles. The zero-order chi connectivity index (χ0) is 16.8. The van der Waals surface area contributed by atoms with E-state index in [0.717, 1.165) is 11.6 Å². The molecule has 0 aliphatic rings. The van der Waals surface area contributed by atoms with Gasteiger partial charge in [0.15, 0.2) is 6.54 Å². The van der Waals surface area contributed by atoms with Crippen molar-refractivity contribution >= 4 is 17.5 Å². The Labute approximate surface area is 138 Å². The van der Waals surface area contributed by atoms with E-state index in [2.05, 4.69) is 5.32 Å². The van der Waals surface area contributed by atoms with Gasteiger partial charge in [0.05, 0.1) is 0 Å². The zero-order valence-electron chi connectivity index (χ0n) is 12.7. The second-order valence-electron chi connectivity index (χ2n) is 5.30. The Morgan fingerprint density at radius 2 is 1.91 bits per heavy atom. The Kier molecular flexibility index (Phi) is 6.07. The molecule has 1 atom stereocenters. The third-order valence-electron chi connectivity index (χ3n) is 3.51. The molecule has 0 saturated heterocycles. The molecule has 0 saturated carbocycles. The smallest absolute Gasteiger partial charge is 0.275 e. The third-order valence-corrected chi connectivity index (χ3v) is 3.76. The minimum absolute atomic E-state index is 0.158. The predicted octanol–water partition coefficient (Wildman–Crippen LogP) is 2.56. The lowest BCUT2D eigenvalue weighted by Crippen LogP contribution is -2.87. The first-order chi connectivity index (χ1) is 11.0. The van der Waals surface area contributed by atoms with Crippen molar-refractivity contribution in [1.29, 1.82) is 0 Å². The minimum atomic E-state index is -0.612. The average molecular weight is 340 g/mol. The summed E-state index contributed by atoms with van der Waals surface area (Å²) in [6, 6.07) is 10.4. The van der Waals surface area contributed by atoms with Crippen LogP contribution in [0.1, 0.15) is 24.1 Å². The van der Waals surface area contributed by atoms with Crippen LogP contribution in [0.3, 0.4) is 0 Å². The van der Waals surface area contributed by atoms with E-state index in [1.807, 2.05) is 12.1 Å². The summed E-state index contributed by atoms with van der Waals surface area (Å²) in [7, 11) is 0. The van der Waals surface area contributed by atoms with Gasteiger partial charge >= 0.3 is 0 Å². The molecule has 0 spiro atoms. The highest BCUT2D eigenvalue weighted by molar-refractivity contribution is 6.30. The first-order valence-electron chi connectivity index (χ1n) is 7.25. The Bertz CT molecular complexity index is 677. The molecule has 0 aromatic heterocycles. The number of hydrogen-bond acceptors (Lipinski definition) is 1. The van der Waals surface area contributed by atoms with Gasteiger partial charge in [-0.15, -0.1) is 0 Å². The van der Waals surface area contributed by atoms with Crippen LogP contribution in [0.15, 0.2) is 42.5 Å². The molecule has 6 heteroatoms. The lowest BCUT2D eigenvalue weighted by Gasteiger charge is -2.12. The van der Waals surface area contributed by atoms with Gasteiger partial charge < -0.3 is 10.6 Å². The minimum Gasteiger partial charge on any atom is -0.347 e. The molecule has 2 aromatic rings. The molecule has 0 unspecified atom stereocenters. The second kappa shape index (κ2) is 8.04. The van der Waals surface area contributed by atoms with Crippen molar-refractivity contribution in [3.05, 3.63) is 70.2 Å². The number of rotatable bonds is 6. The summed E-state index contributed by atoms with van der Waals surface area (Å²) >= 11 is 5.79. The number of halogens is 3. The molecule has 2 rings (SSSR count). The Hall–Kier alpha value is -1.98. The maximum absolute atomic E-state index is 13.7. The molecule has 0 fully saturated rings. The molecule has 23 heavy (non-hydrogen) atoms. The molecule has 0 radical (unpaired) electrons. The quantitative estimate of drug-likeness (QED) is 0.834. The lowest BCUT2D eigenvalue weighted by atomic mass is 10.1. The van der Waals surface area contributed by atoms with Crippen molar-refractivity contribution < 1.29 is 18.9 Å². The number of hydrogen-bond donors (Lipinski definition) is 2. The maximum Gasteiger partial charge on any atom is 0.275 e. The number of nitrogens with two attached hydrogens (primary N) is 1. The monoisotopic (exact) mass is 339 g/mol. The number of quaternary nitrogens is 1. The van der Waals surface area contributed by atoms with Crippen molar-refractivity contribution in [2.75, 3.05) is 6.54 Å². The van der Waals surface area contributed by atoms with Crippen LogP contribution < -0.4 is 10.6 Å². The van der Waals surface area contributed by atoms with Crippen molar-refractivity contribution in [1.82, 2.24) is 5.32 Å². The fourth-order valence-corrected chi connectivity index (χ4v) is 2.28. The zero-order valence-corrected chi connectivity index (χ0v) is 13.4. The molecule has 3 N–H and O–H groups in total. The van der Waals surface area contributed by atoms with Crippen molar-refractivity contribution in [2.45, 2.75) is 19.5 Å². The van der Waals surface area contributed by atoms with Crippen LogP contribution in [0.25, 0.3) is 0 Å². The molecule has 0 bridgehead atoms. The van der Waals surface area contributed by atoms with Gasteiger partial charge in [0, 0.05) is 23.2 Å². The van der Waals surface area contributed by atoms with Crippen LogP contribution in [0.4, 0.5) is 8.78 Å². The maximum atomic E-state index is 13.7. The van der Waals surface area contributed by atoms with E-state index in [0.29, 0.717) is 17.1 Å². The largest absolute Gasteiger partial charge is 0.347 e. The van der Waals surface area contributed by atoms with Crippen molar-refractivity contribution in [3.63, 3.8) is 0 Å². The molecular weight excluding hydrogens is 322 g/mol. The van der Waals surface area contributed by atoms with Crippen LogP contribution in [0, 0.1) is 11.6 Å². The van der Waals surface area contributed by atoms with E-state index in [-0.39, 0.29) is 18.5 Å². The molecule has 1 amide bonds. The Balaban J connectivity index is 1.80. The fourth-order valence-electron chi connectivity index (χ4n) is 2.16. The first kappa shape index (κ1) is 17.4. The Morgan fingerprint density at radius 3 is 2.57 bits per heavy atom. The average Bonchev–Trinajstić information content (AvgIpc) is 2.52. The van der Waals surface area contributed by atoms with Gasteiger partial charge in [-0.25, -0.2) is 8.78 Å². The Morgan fingerprint density at radius 1 is 1.22 bits per heavy atom. The van der Waals surface area contributed by atoms with E-state index in [1.54, 1.807) is 24.4 Å². The molecule has 122 valence electrons. The summed E-state index contributed by atoms with van der Waals surface area (Å²) in [6.07, 6.45) is 0. The highest BCUT2D eigenvalue weighted by atomic mass is 35.5. The first-order valence-corrected chi connectivity index (χ1v) is 7.63. The summed E-state index contributed by atoms with van der Waals surface area (Å²) in [5, 5.41) is 5.13. The van der Waals surface area contributed by atoms with Gasteiger partial charge in [0.1, 0.15) is 17.7 Å². The topological polar surface area (TPSA) is 45.7 Å². The number of amides is 1. The SMILES string of the molecule is C[C@H]([NH2+]CC(=O)NCc1ccc(Cl)cc1)c1ccc(F)cc1F. The number of nitrogens with one attached hydrogen (secondary N) is 1. The fraction of sp³-hybridized carbons (Fsp3) is 0.235. The molecule has 2 aromatic carbocycles. The summed E-state index contributed by atoms with van der Waals surface area (Å²) < 4.78 is 26.5. The molecule has 3 nitrogen and oxygen atoms in total. The van der Waals surface area contributed by atoms with Gasteiger partial charge in [-0.3, -0.25) is 4.79 Å². The molecular formula is C17H18ClF2N2O+. The van der Waals surface area contributed by atoms with E-state index in [4.69, 9.17) is 11.6 Å². The van der Waals surface area contributed by atoms with Crippen LogP contribution in [-0.4, -0.2) is 12.5 Å². The highest BCUT2D eigenvalue weighted by Crippen LogP contribution is 2.14. The van der Waals surface area contributed by atoms with E-state index < -0.39 is 11.6 Å². The van der Waals surface area contributed by atoms with Gasteiger partial charge in [0.2, 0.25) is 0 Å². The summed E-state index contributed by atoms with van der Waals surface area (Å²) in [5.41, 5.74) is 1.32. The lowest BCUT2D eigenvalue weighted by molar-refractivity contribution is -0.682. The molecule has 0 aliphatic carbocycles. The van der Waals surface area contributed by atoms with Crippen LogP contribution in [-0.2, 0) is 11.3 Å². The van der Waals surface area contributed by atoms with Gasteiger partial charge in [-0.05, 0) is 36.8 Å². The van der Waals surface area contributed by atoms with Gasteiger partial charge in [-0.1, -0.05) is 23.7 Å².